The molecule has 3 aromatic rings. The largest absolute Gasteiger partial charge is 0.495 e. The van der Waals surface area contributed by atoms with Gasteiger partial charge in [-0.3, -0.25) is 0 Å². The quantitative estimate of drug-likeness (QED) is 0.740. The molecule has 4 rings (SSSR count). The standard InChI is InChI=1S/C19H21N7O/c1-27-16-6-3-2-5-15(16)24-17-13-18(23-14-22-17)25-9-11-26(12-10-25)19-20-7-4-8-21-19/h2-8,13-14H,9-12H2,1H3,(H,22,23,24). The fourth-order valence-electron chi connectivity index (χ4n) is 3.06. The molecule has 0 unspecified atom stereocenters. The van der Waals surface area contributed by atoms with Gasteiger partial charge in [0.25, 0.3) is 0 Å². The van der Waals surface area contributed by atoms with Crippen LogP contribution in [0.25, 0.3) is 0 Å². The molecule has 1 fully saturated rings. The summed E-state index contributed by atoms with van der Waals surface area (Å²) in [5.41, 5.74) is 0.871. The molecule has 0 saturated carbocycles. The summed E-state index contributed by atoms with van der Waals surface area (Å²) in [6.07, 6.45) is 5.13. The minimum atomic E-state index is 0.735. The third kappa shape index (κ3) is 3.89. The molecule has 0 spiro atoms. The number of hydrogen-bond donors (Lipinski definition) is 1. The average molecular weight is 363 g/mol. The summed E-state index contributed by atoms with van der Waals surface area (Å²) in [7, 11) is 1.65. The van der Waals surface area contributed by atoms with E-state index in [4.69, 9.17) is 4.74 Å². The maximum absolute atomic E-state index is 5.38. The lowest BCUT2D eigenvalue weighted by atomic mass is 10.3. The Morgan fingerprint density at radius 3 is 2.41 bits per heavy atom. The number of anilines is 4. The third-order valence-corrected chi connectivity index (χ3v) is 4.46. The first-order valence-corrected chi connectivity index (χ1v) is 8.82. The molecule has 2 aromatic heterocycles. The van der Waals surface area contributed by atoms with Crippen molar-refractivity contribution >= 4 is 23.3 Å². The van der Waals surface area contributed by atoms with Gasteiger partial charge >= 0.3 is 0 Å². The molecule has 138 valence electrons. The van der Waals surface area contributed by atoms with Gasteiger partial charge in [-0.25, -0.2) is 19.9 Å². The Bertz CT molecular complexity index is 882. The van der Waals surface area contributed by atoms with Crippen LogP contribution in [0.5, 0.6) is 5.75 Å². The van der Waals surface area contributed by atoms with Crippen LogP contribution in [0.1, 0.15) is 0 Å². The lowest BCUT2D eigenvalue weighted by molar-refractivity contribution is 0.417. The second-order valence-corrected chi connectivity index (χ2v) is 6.11. The van der Waals surface area contributed by atoms with E-state index in [-0.39, 0.29) is 0 Å². The van der Waals surface area contributed by atoms with E-state index in [0.29, 0.717) is 0 Å². The highest BCUT2D eigenvalue weighted by atomic mass is 16.5. The Morgan fingerprint density at radius 1 is 0.889 bits per heavy atom. The van der Waals surface area contributed by atoms with Gasteiger partial charge in [0.05, 0.1) is 12.8 Å². The summed E-state index contributed by atoms with van der Waals surface area (Å²) >= 11 is 0. The zero-order valence-corrected chi connectivity index (χ0v) is 15.1. The summed E-state index contributed by atoms with van der Waals surface area (Å²) in [6.45, 7) is 3.40. The summed E-state index contributed by atoms with van der Waals surface area (Å²) in [6, 6.07) is 11.6. The second-order valence-electron chi connectivity index (χ2n) is 6.11. The van der Waals surface area contributed by atoms with Crippen molar-refractivity contribution in [2.75, 3.05) is 48.4 Å². The number of ether oxygens (including phenoxy) is 1. The van der Waals surface area contributed by atoms with E-state index in [1.165, 1.54) is 0 Å². The Kier molecular flexibility index (Phi) is 4.95. The van der Waals surface area contributed by atoms with Crippen molar-refractivity contribution in [2.24, 2.45) is 0 Å². The molecule has 0 amide bonds. The summed E-state index contributed by atoms with van der Waals surface area (Å²) in [4.78, 5) is 21.9. The molecule has 27 heavy (non-hydrogen) atoms. The molecule has 1 aliphatic rings. The monoisotopic (exact) mass is 363 g/mol. The van der Waals surface area contributed by atoms with E-state index in [1.807, 2.05) is 36.4 Å². The molecular formula is C19H21N7O. The normalized spacial score (nSPS) is 14.1. The van der Waals surface area contributed by atoms with Crippen LogP contribution >= 0.6 is 0 Å². The van der Waals surface area contributed by atoms with Gasteiger partial charge in [-0.05, 0) is 18.2 Å². The topological polar surface area (TPSA) is 79.3 Å². The number of rotatable bonds is 5. The molecule has 0 atom stereocenters. The smallest absolute Gasteiger partial charge is 0.225 e. The number of aromatic nitrogens is 4. The Balaban J connectivity index is 1.44. The predicted octanol–water partition coefficient (Wildman–Crippen LogP) is 2.35. The molecule has 3 heterocycles. The second kappa shape index (κ2) is 7.86. The van der Waals surface area contributed by atoms with E-state index < -0.39 is 0 Å². The number of methoxy groups -OCH3 is 1. The minimum Gasteiger partial charge on any atom is -0.495 e. The van der Waals surface area contributed by atoms with Crippen molar-refractivity contribution < 1.29 is 4.74 Å². The fraction of sp³-hybridized carbons (Fsp3) is 0.263. The Labute approximate surface area is 157 Å². The van der Waals surface area contributed by atoms with Crippen LogP contribution in [0.3, 0.4) is 0 Å². The van der Waals surface area contributed by atoms with Crippen molar-refractivity contribution in [2.45, 2.75) is 0 Å². The maximum Gasteiger partial charge on any atom is 0.225 e. The molecule has 8 heteroatoms. The van der Waals surface area contributed by atoms with Gasteiger partial charge in [0.2, 0.25) is 5.95 Å². The van der Waals surface area contributed by atoms with E-state index in [1.54, 1.807) is 25.8 Å². The van der Waals surface area contributed by atoms with Gasteiger partial charge in [-0.1, -0.05) is 12.1 Å². The Hall–Kier alpha value is -3.42. The van der Waals surface area contributed by atoms with Gasteiger partial charge in [0, 0.05) is 44.6 Å². The van der Waals surface area contributed by atoms with Crippen molar-refractivity contribution in [3.05, 3.63) is 55.1 Å². The highest BCUT2D eigenvalue weighted by Crippen LogP contribution is 2.27. The molecule has 8 nitrogen and oxygen atoms in total. The lowest BCUT2D eigenvalue weighted by Gasteiger charge is -2.35. The molecule has 1 N–H and O–H groups in total. The van der Waals surface area contributed by atoms with Crippen LogP contribution < -0.4 is 19.9 Å². The van der Waals surface area contributed by atoms with Gasteiger partial charge < -0.3 is 19.9 Å². The lowest BCUT2D eigenvalue weighted by Crippen LogP contribution is -2.47. The minimum absolute atomic E-state index is 0.735. The van der Waals surface area contributed by atoms with Crippen LogP contribution in [-0.2, 0) is 0 Å². The first-order valence-electron chi connectivity index (χ1n) is 8.82. The van der Waals surface area contributed by atoms with Crippen molar-refractivity contribution in [1.82, 2.24) is 19.9 Å². The average Bonchev–Trinajstić information content (AvgIpc) is 2.75. The van der Waals surface area contributed by atoms with Gasteiger partial charge in [-0.15, -0.1) is 0 Å². The number of nitrogens with one attached hydrogen (secondary N) is 1. The zero-order valence-electron chi connectivity index (χ0n) is 15.1. The molecule has 1 saturated heterocycles. The number of para-hydroxylation sites is 2. The van der Waals surface area contributed by atoms with Crippen molar-refractivity contribution in [1.29, 1.82) is 0 Å². The van der Waals surface area contributed by atoms with E-state index in [9.17, 15) is 0 Å². The molecule has 0 bridgehead atoms. The predicted molar refractivity (Wildman–Crippen MR) is 105 cm³/mol. The number of hydrogen-bond acceptors (Lipinski definition) is 8. The van der Waals surface area contributed by atoms with E-state index >= 15 is 0 Å². The highest BCUT2D eigenvalue weighted by molar-refractivity contribution is 5.65. The first kappa shape index (κ1) is 17.0. The summed E-state index contributed by atoms with van der Waals surface area (Å²) in [5.74, 6) is 3.18. The van der Waals surface area contributed by atoms with Crippen LogP contribution in [-0.4, -0.2) is 53.2 Å². The Morgan fingerprint density at radius 2 is 1.63 bits per heavy atom. The van der Waals surface area contributed by atoms with E-state index in [0.717, 1.165) is 55.2 Å². The van der Waals surface area contributed by atoms with Crippen molar-refractivity contribution in [3.63, 3.8) is 0 Å². The van der Waals surface area contributed by atoms with E-state index in [2.05, 4.69) is 35.1 Å². The van der Waals surface area contributed by atoms with Crippen LogP contribution in [0, 0.1) is 0 Å². The summed E-state index contributed by atoms with van der Waals surface area (Å²) in [5, 5.41) is 3.30. The van der Waals surface area contributed by atoms with Gasteiger partial charge in [0.1, 0.15) is 23.7 Å². The van der Waals surface area contributed by atoms with Gasteiger partial charge in [-0.2, -0.15) is 0 Å². The number of nitrogens with zero attached hydrogens (tertiary/aromatic N) is 6. The number of benzene rings is 1. The summed E-state index contributed by atoms with van der Waals surface area (Å²) < 4.78 is 5.38. The zero-order chi connectivity index (χ0) is 18.5. The van der Waals surface area contributed by atoms with Crippen LogP contribution in [0.15, 0.2) is 55.1 Å². The molecule has 0 radical (unpaired) electrons. The van der Waals surface area contributed by atoms with Crippen LogP contribution in [0.4, 0.5) is 23.3 Å². The van der Waals surface area contributed by atoms with Gasteiger partial charge in [0.15, 0.2) is 0 Å². The maximum atomic E-state index is 5.38. The molecular weight excluding hydrogens is 342 g/mol. The molecule has 0 aliphatic carbocycles. The highest BCUT2D eigenvalue weighted by Gasteiger charge is 2.20. The fourth-order valence-corrected chi connectivity index (χ4v) is 3.06. The molecule has 1 aliphatic heterocycles. The molecule has 1 aromatic carbocycles. The SMILES string of the molecule is COc1ccccc1Nc1cc(N2CCN(c3ncccn3)CC2)ncn1. The first-order chi connectivity index (χ1) is 13.3. The van der Waals surface area contributed by atoms with Crippen molar-refractivity contribution in [3.8, 4) is 5.75 Å². The van der Waals surface area contributed by atoms with Crippen LogP contribution in [0.2, 0.25) is 0 Å². The third-order valence-electron chi connectivity index (χ3n) is 4.46. The number of piperazine rings is 1.